The summed E-state index contributed by atoms with van der Waals surface area (Å²) in [4.78, 5) is 10.5. The molecule has 1 aromatic heterocycles. The minimum Gasteiger partial charge on any atom is -0.388 e. The lowest BCUT2D eigenvalue weighted by Crippen LogP contribution is -2.57. The molecule has 35 heavy (non-hydrogen) atoms. The monoisotopic (exact) mass is 476 g/mol. The van der Waals surface area contributed by atoms with Crippen molar-refractivity contribution in [2.24, 2.45) is 4.99 Å². The Kier molecular flexibility index (Phi) is 11.2. The Labute approximate surface area is 212 Å². The highest BCUT2D eigenvalue weighted by molar-refractivity contribution is 5.78. The lowest BCUT2D eigenvalue weighted by Gasteiger charge is -2.46. The van der Waals surface area contributed by atoms with E-state index in [1.54, 1.807) is 14.2 Å². The first-order valence-corrected chi connectivity index (χ1v) is 12.8. The van der Waals surface area contributed by atoms with Crippen LogP contribution in [0.25, 0.3) is 11.1 Å². The molecule has 190 valence electrons. The molecule has 1 aliphatic rings. The number of aliphatic imine (C=N–C) groups is 1. The van der Waals surface area contributed by atoms with Crippen LogP contribution in [0.2, 0.25) is 0 Å². The Balaban J connectivity index is 0.000000803. The second kappa shape index (κ2) is 13.9. The van der Waals surface area contributed by atoms with E-state index < -0.39 is 0 Å². The first kappa shape index (κ1) is 28.3. The summed E-state index contributed by atoms with van der Waals surface area (Å²) < 4.78 is 4.25. The zero-order valence-electron chi connectivity index (χ0n) is 22.9. The molecule has 4 rings (SSSR count). The van der Waals surface area contributed by atoms with Crippen LogP contribution in [0.15, 0.2) is 59.7 Å². The first-order chi connectivity index (χ1) is 16.9. The normalized spacial score (nSPS) is 14.0. The third-order valence-corrected chi connectivity index (χ3v) is 5.98. The van der Waals surface area contributed by atoms with Crippen LogP contribution in [-0.2, 0) is 24.2 Å². The standard InChI is InChI=1S/C26H32N4.C2H6O.C2H6/c1-5-14-27-25-22(6-2)23(17-28-25)20-12-13-21-16-29-26(3,4)30(24(21)15-20)18-19-10-8-7-9-11-19;1-3-2;1-2/h7-15,17,28-29H,5-6,16,18H2,1-4H3;1-2H3;1-2H3/b27-14-;;. The third-order valence-electron chi connectivity index (χ3n) is 5.98. The summed E-state index contributed by atoms with van der Waals surface area (Å²) in [7, 11) is 3.25. The number of hydrogen-bond donors (Lipinski definition) is 2. The Morgan fingerprint density at radius 1 is 1.06 bits per heavy atom. The number of anilines is 1. The van der Waals surface area contributed by atoms with Gasteiger partial charge in [0.15, 0.2) is 0 Å². The van der Waals surface area contributed by atoms with Crippen LogP contribution in [0.5, 0.6) is 0 Å². The fourth-order valence-electron chi connectivity index (χ4n) is 4.24. The van der Waals surface area contributed by atoms with E-state index in [1.165, 1.54) is 33.5 Å². The number of benzene rings is 2. The highest BCUT2D eigenvalue weighted by atomic mass is 16.4. The molecule has 0 atom stereocenters. The summed E-state index contributed by atoms with van der Waals surface area (Å²) in [5.74, 6) is 0.982. The van der Waals surface area contributed by atoms with E-state index >= 15 is 0 Å². The fraction of sp³-hybridized carbons (Fsp3) is 0.433. The topological polar surface area (TPSA) is 52.7 Å². The number of nitrogens with zero attached hydrogens (tertiary/aromatic N) is 2. The van der Waals surface area contributed by atoms with Gasteiger partial charge in [0.1, 0.15) is 5.82 Å². The van der Waals surface area contributed by atoms with Gasteiger partial charge in [-0.05, 0) is 49.4 Å². The molecule has 0 saturated heterocycles. The number of nitrogens with one attached hydrogen (secondary N) is 2. The van der Waals surface area contributed by atoms with Gasteiger partial charge < -0.3 is 14.6 Å². The van der Waals surface area contributed by atoms with Crippen molar-refractivity contribution in [1.82, 2.24) is 10.3 Å². The number of aromatic nitrogens is 1. The van der Waals surface area contributed by atoms with E-state index in [-0.39, 0.29) is 5.66 Å². The number of fused-ring (bicyclic) bond motifs is 1. The van der Waals surface area contributed by atoms with Gasteiger partial charge in [0.25, 0.3) is 0 Å². The molecule has 0 aliphatic carbocycles. The number of hydrogen-bond acceptors (Lipinski definition) is 4. The van der Waals surface area contributed by atoms with Crippen molar-refractivity contribution in [3.8, 4) is 11.1 Å². The largest absolute Gasteiger partial charge is 0.388 e. The zero-order valence-corrected chi connectivity index (χ0v) is 22.9. The van der Waals surface area contributed by atoms with Crippen molar-refractivity contribution in [1.29, 1.82) is 0 Å². The van der Waals surface area contributed by atoms with Crippen molar-refractivity contribution in [2.45, 2.75) is 73.1 Å². The van der Waals surface area contributed by atoms with E-state index in [9.17, 15) is 0 Å². The van der Waals surface area contributed by atoms with Crippen molar-refractivity contribution >= 4 is 17.7 Å². The van der Waals surface area contributed by atoms with Gasteiger partial charge in [-0.25, -0.2) is 4.99 Å². The summed E-state index contributed by atoms with van der Waals surface area (Å²) in [6.07, 6.45) is 5.97. The van der Waals surface area contributed by atoms with E-state index in [0.717, 1.165) is 31.7 Å². The molecule has 3 aromatic rings. The van der Waals surface area contributed by atoms with Crippen LogP contribution in [0, 0.1) is 0 Å². The molecule has 2 N–H and O–H groups in total. The summed E-state index contributed by atoms with van der Waals surface area (Å²) >= 11 is 0. The van der Waals surface area contributed by atoms with Gasteiger partial charge in [-0.1, -0.05) is 70.2 Å². The summed E-state index contributed by atoms with van der Waals surface area (Å²) in [5, 5.41) is 3.69. The molecule has 0 bridgehead atoms. The molecule has 0 unspecified atom stereocenters. The minimum atomic E-state index is -0.121. The van der Waals surface area contributed by atoms with Gasteiger partial charge in [-0.15, -0.1) is 0 Å². The smallest absolute Gasteiger partial charge is 0.133 e. The second-order valence-electron chi connectivity index (χ2n) is 8.84. The van der Waals surface area contributed by atoms with Crippen LogP contribution in [0.3, 0.4) is 0 Å². The van der Waals surface area contributed by atoms with E-state index in [0.29, 0.717) is 0 Å². The fourth-order valence-corrected chi connectivity index (χ4v) is 4.24. The first-order valence-electron chi connectivity index (χ1n) is 12.8. The number of ether oxygens (including phenoxy) is 1. The summed E-state index contributed by atoms with van der Waals surface area (Å²) in [6.45, 7) is 14.6. The van der Waals surface area contributed by atoms with Gasteiger partial charge in [0.2, 0.25) is 0 Å². The predicted octanol–water partition coefficient (Wildman–Crippen LogP) is 7.49. The molecular weight excluding hydrogens is 432 g/mol. The second-order valence-corrected chi connectivity index (χ2v) is 8.84. The van der Waals surface area contributed by atoms with Gasteiger partial charge in [0, 0.05) is 56.5 Å². The van der Waals surface area contributed by atoms with Crippen molar-refractivity contribution in [3.63, 3.8) is 0 Å². The summed E-state index contributed by atoms with van der Waals surface area (Å²) in [6, 6.07) is 17.6. The molecule has 0 saturated carbocycles. The molecule has 0 fully saturated rings. The quantitative estimate of drug-likeness (QED) is 0.362. The highest BCUT2D eigenvalue weighted by Gasteiger charge is 2.32. The van der Waals surface area contributed by atoms with Crippen LogP contribution < -0.4 is 10.2 Å². The maximum absolute atomic E-state index is 4.62. The average Bonchev–Trinajstić information content (AvgIpc) is 3.29. The SMILES string of the molecule is CC.CC/C=N\c1[nH]cc(-c2ccc3c(c2)N(Cc2ccccc2)C(C)(C)NC3)c1CC.COC. The lowest BCUT2D eigenvalue weighted by atomic mass is 9.95. The summed E-state index contributed by atoms with van der Waals surface area (Å²) in [5.41, 5.74) is 7.62. The van der Waals surface area contributed by atoms with Gasteiger partial charge >= 0.3 is 0 Å². The zero-order chi connectivity index (χ0) is 25.8. The highest BCUT2D eigenvalue weighted by Crippen LogP contribution is 2.38. The molecule has 1 aliphatic heterocycles. The molecule has 5 heteroatoms. The Hall–Kier alpha value is -2.89. The maximum Gasteiger partial charge on any atom is 0.133 e. The van der Waals surface area contributed by atoms with E-state index in [4.69, 9.17) is 0 Å². The number of aromatic amines is 1. The maximum atomic E-state index is 4.62. The molecule has 0 radical (unpaired) electrons. The van der Waals surface area contributed by atoms with E-state index in [2.05, 4.69) is 107 Å². The molecule has 5 nitrogen and oxygen atoms in total. The van der Waals surface area contributed by atoms with Crippen molar-refractivity contribution in [2.75, 3.05) is 19.1 Å². The molecular formula is C30H44N4O. The molecule has 0 amide bonds. The Morgan fingerprint density at radius 2 is 1.74 bits per heavy atom. The van der Waals surface area contributed by atoms with Gasteiger partial charge in [0.05, 0.1) is 5.66 Å². The van der Waals surface area contributed by atoms with Crippen LogP contribution >= 0.6 is 0 Å². The van der Waals surface area contributed by atoms with Crippen LogP contribution in [0.4, 0.5) is 11.5 Å². The van der Waals surface area contributed by atoms with Gasteiger partial charge in [-0.2, -0.15) is 0 Å². The minimum absolute atomic E-state index is 0.121. The van der Waals surface area contributed by atoms with Crippen LogP contribution in [-0.4, -0.2) is 31.1 Å². The molecule has 2 aromatic carbocycles. The van der Waals surface area contributed by atoms with E-state index in [1.807, 2.05) is 20.1 Å². The number of H-pyrrole nitrogens is 1. The lowest BCUT2D eigenvalue weighted by molar-refractivity contribution is 0.277. The molecule has 0 spiro atoms. The van der Waals surface area contributed by atoms with Gasteiger partial charge in [-0.3, -0.25) is 5.32 Å². The number of rotatable bonds is 6. The average molecular weight is 477 g/mol. The Bertz CT molecular complexity index is 1050. The number of methoxy groups -OCH3 is 1. The van der Waals surface area contributed by atoms with Crippen molar-refractivity contribution in [3.05, 3.63) is 71.4 Å². The predicted molar refractivity (Wildman–Crippen MR) is 152 cm³/mol. The molecule has 2 heterocycles. The van der Waals surface area contributed by atoms with Crippen LogP contribution in [0.1, 0.15) is 64.7 Å². The third kappa shape index (κ3) is 7.06. The van der Waals surface area contributed by atoms with Crippen molar-refractivity contribution < 1.29 is 4.74 Å². The Morgan fingerprint density at radius 3 is 2.37 bits per heavy atom.